The number of hydrogen-bond donors (Lipinski definition) is 0. The van der Waals surface area contributed by atoms with E-state index in [1.54, 1.807) is 0 Å². The highest BCUT2D eigenvalue weighted by atomic mass is 32.2. The summed E-state index contributed by atoms with van der Waals surface area (Å²) in [5.41, 5.74) is -1.13. The minimum absolute atomic E-state index is 0.0299. The van der Waals surface area contributed by atoms with E-state index in [4.69, 9.17) is 4.74 Å². The van der Waals surface area contributed by atoms with Gasteiger partial charge in [0.2, 0.25) is 0 Å². The van der Waals surface area contributed by atoms with Crippen LogP contribution in [-0.4, -0.2) is 18.7 Å². The monoisotopic (exact) mass is 303 g/mol. The number of hydrogen-bond acceptors (Lipinski definition) is 5. The van der Waals surface area contributed by atoms with E-state index in [0.29, 0.717) is 0 Å². The average Bonchev–Trinajstić information content (AvgIpc) is 2.38. The Hall–Kier alpha value is -2.00. The van der Waals surface area contributed by atoms with Crippen LogP contribution in [0.3, 0.4) is 0 Å². The fraction of sp³-hybridized carbons (Fsp3) is 0.0909. The molecule has 0 saturated heterocycles. The first-order valence-electron chi connectivity index (χ1n) is 5.14. The van der Waals surface area contributed by atoms with Crippen LogP contribution in [0.4, 0.5) is 13.2 Å². The molecule has 9 heteroatoms. The number of alkyl halides is 3. The third-order valence-corrected chi connectivity index (χ3v) is 2.81. The molecule has 0 aliphatic rings. The van der Waals surface area contributed by atoms with Crippen LogP contribution >= 0.6 is 0 Å². The Bertz CT molecular complexity index is 632. The first-order chi connectivity index (χ1) is 9.36. The molecular formula is C11H6F3N2O3S-. The molecule has 2 aromatic rings. The van der Waals surface area contributed by atoms with Crippen LogP contribution in [0.15, 0.2) is 41.4 Å². The third kappa shape index (κ3) is 3.52. The van der Waals surface area contributed by atoms with Crippen molar-refractivity contribution in [1.29, 1.82) is 0 Å². The first kappa shape index (κ1) is 14.4. The second kappa shape index (κ2) is 5.55. The van der Waals surface area contributed by atoms with Crippen LogP contribution in [0, 0.1) is 0 Å². The summed E-state index contributed by atoms with van der Waals surface area (Å²) in [4.78, 5) is 6.80. The molecule has 2 rings (SSSR count). The van der Waals surface area contributed by atoms with Gasteiger partial charge in [-0.05, 0) is 41.4 Å². The van der Waals surface area contributed by atoms with Crippen molar-refractivity contribution in [3.63, 3.8) is 0 Å². The molecule has 0 fully saturated rings. The zero-order valence-electron chi connectivity index (χ0n) is 9.63. The predicted octanol–water partition coefficient (Wildman–Crippen LogP) is 2.53. The molecule has 1 aromatic carbocycles. The Labute approximate surface area is 113 Å². The molecule has 0 saturated carbocycles. The maximum Gasteiger partial charge on any atom is 0.433 e. The number of ether oxygens (including phenoxy) is 1. The molecule has 1 heterocycles. The first-order valence-corrected chi connectivity index (χ1v) is 6.21. The lowest BCUT2D eigenvalue weighted by Crippen LogP contribution is -2.08. The maximum atomic E-state index is 12.4. The van der Waals surface area contributed by atoms with Crippen LogP contribution in [0.1, 0.15) is 5.69 Å². The molecule has 0 bridgehead atoms. The lowest BCUT2D eigenvalue weighted by Gasteiger charge is -2.09. The molecule has 20 heavy (non-hydrogen) atoms. The number of aromatic nitrogens is 2. The van der Waals surface area contributed by atoms with E-state index >= 15 is 0 Å². The van der Waals surface area contributed by atoms with Gasteiger partial charge in [-0.1, -0.05) is 0 Å². The third-order valence-electron chi connectivity index (χ3n) is 2.15. The van der Waals surface area contributed by atoms with E-state index in [0.717, 1.165) is 12.3 Å². The summed E-state index contributed by atoms with van der Waals surface area (Å²) in [6.07, 6.45) is -3.67. The lowest BCUT2D eigenvalue weighted by atomic mass is 10.3. The van der Waals surface area contributed by atoms with E-state index in [2.05, 4.69) is 9.97 Å². The summed E-state index contributed by atoms with van der Waals surface area (Å²) in [5.74, 6) is 0.124. The van der Waals surface area contributed by atoms with Gasteiger partial charge in [-0.2, -0.15) is 18.2 Å². The highest BCUT2D eigenvalue weighted by Gasteiger charge is 2.33. The molecule has 1 aromatic heterocycles. The van der Waals surface area contributed by atoms with Gasteiger partial charge < -0.3 is 9.29 Å². The van der Waals surface area contributed by atoms with E-state index in [9.17, 15) is 21.9 Å². The van der Waals surface area contributed by atoms with E-state index in [1.807, 2.05) is 0 Å². The van der Waals surface area contributed by atoms with Gasteiger partial charge in [-0.3, -0.25) is 4.21 Å². The van der Waals surface area contributed by atoms with Gasteiger partial charge in [0.1, 0.15) is 5.75 Å². The van der Waals surface area contributed by atoms with E-state index in [1.165, 1.54) is 24.3 Å². The lowest BCUT2D eigenvalue weighted by molar-refractivity contribution is -0.141. The molecule has 1 unspecified atom stereocenters. The zero-order chi connectivity index (χ0) is 14.8. The standard InChI is InChI=1S/C11H7F3N2O3S/c12-11(13,14)9-5-6-15-10(16-9)19-7-1-3-8(4-2-7)20(17)18/h1-6H,(H,17,18)/p-1. The Balaban J connectivity index is 2.20. The fourth-order valence-electron chi connectivity index (χ4n) is 1.27. The van der Waals surface area contributed by atoms with Crippen molar-refractivity contribution >= 4 is 11.1 Å². The van der Waals surface area contributed by atoms with Gasteiger partial charge in [0.05, 0.1) is 0 Å². The number of nitrogens with zero attached hydrogens (tertiary/aromatic N) is 2. The van der Waals surface area contributed by atoms with Gasteiger partial charge in [0.15, 0.2) is 5.69 Å². The zero-order valence-corrected chi connectivity index (χ0v) is 10.4. The van der Waals surface area contributed by atoms with Gasteiger partial charge in [-0.15, -0.1) is 0 Å². The maximum absolute atomic E-state index is 12.4. The summed E-state index contributed by atoms with van der Waals surface area (Å²) in [5, 5.41) is 0. The Kier molecular flexibility index (Phi) is 4.00. The van der Waals surface area contributed by atoms with Crippen LogP contribution in [0.5, 0.6) is 11.8 Å². The van der Waals surface area contributed by atoms with Gasteiger partial charge in [-0.25, -0.2) is 4.98 Å². The molecule has 1 atom stereocenters. The van der Waals surface area contributed by atoms with Crippen LogP contribution < -0.4 is 4.74 Å². The van der Waals surface area contributed by atoms with Crippen molar-refractivity contribution in [2.45, 2.75) is 11.1 Å². The SMILES string of the molecule is O=S([O-])c1ccc(Oc2nccc(C(F)(F)F)n2)cc1. The van der Waals surface area contributed by atoms with E-state index < -0.39 is 29.0 Å². The molecule has 106 valence electrons. The molecular weight excluding hydrogens is 297 g/mol. The van der Waals surface area contributed by atoms with Crippen LogP contribution in [0.2, 0.25) is 0 Å². The minimum Gasteiger partial charge on any atom is -0.768 e. The van der Waals surface area contributed by atoms with Crippen molar-refractivity contribution in [2.24, 2.45) is 0 Å². The quantitative estimate of drug-likeness (QED) is 0.814. The number of rotatable bonds is 3. The van der Waals surface area contributed by atoms with Gasteiger partial charge in [0.25, 0.3) is 0 Å². The van der Waals surface area contributed by atoms with Crippen molar-refractivity contribution in [3.05, 3.63) is 42.2 Å². The number of halogens is 3. The smallest absolute Gasteiger partial charge is 0.433 e. The van der Waals surface area contributed by atoms with Crippen LogP contribution in [0.25, 0.3) is 0 Å². The largest absolute Gasteiger partial charge is 0.768 e. The Morgan fingerprint density at radius 3 is 2.35 bits per heavy atom. The Morgan fingerprint density at radius 2 is 1.80 bits per heavy atom. The highest BCUT2D eigenvalue weighted by Crippen LogP contribution is 2.28. The summed E-state index contributed by atoms with van der Waals surface area (Å²) in [6.45, 7) is 0. The van der Waals surface area contributed by atoms with Crippen molar-refractivity contribution in [3.8, 4) is 11.8 Å². The topological polar surface area (TPSA) is 75.1 Å². The summed E-state index contributed by atoms with van der Waals surface area (Å²) in [6, 6.07) is 5.30. The Morgan fingerprint density at radius 1 is 1.15 bits per heavy atom. The van der Waals surface area contributed by atoms with Crippen molar-refractivity contribution < 1.29 is 26.7 Å². The fourth-order valence-corrected chi connectivity index (χ4v) is 1.63. The van der Waals surface area contributed by atoms with Gasteiger partial charge in [0, 0.05) is 11.1 Å². The normalized spacial score (nSPS) is 13.0. The van der Waals surface area contributed by atoms with Crippen molar-refractivity contribution in [2.75, 3.05) is 0 Å². The van der Waals surface area contributed by atoms with Gasteiger partial charge >= 0.3 is 12.2 Å². The summed E-state index contributed by atoms with van der Waals surface area (Å²) in [7, 11) is 0. The summed E-state index contributed by atoms with van der Waals surface area (Å²) < 4.78 is 63.6. The second-order valence-corrected chi connectivity index (χ2v) is 4.47. The van der Waals surface area contributed by atoms with Crippen molar-refractivity contribution in [1.82, 2.24) is 9.97 Å². The molecule has 0 aliphatic carbocycles. The minimum atomic E-state index is -4.59. The molecule has 0 spiro atoms. The summed E-state index contributed by atoms with van der Waals surface area (Å²) >= 11 is -2.38. The molecule has 5 nitrogen and oxygen atoms in total. The molecule has 0 aliphatic heterocycles. The van der Waals surface area contributed by atoms with E-state index in [-0.39, 0.29) is 10.6 Å². The average molecular weight is 303 g/mol. The predicted molar refractivity (Wildman–Crippen MR) is 60.7 cm³/mol. The second-order valence-electron chi connectivity index (χ2n) is 3.53. The molecule has 0 radical (unpaired) electrons. The number of benzene rings is 1. The molecule has 0 N–H and O–H groups in total. The highest BCUT2D eigenvalue weighted by molar-refractivity contribution is 7.79. The molecule has 0 amide bonds. The van der Waals surface area contributed by atoms with Crippen LogP contribution in [-0.2, 0) is 17.3 Å².